The molecule has 0 spiro atoms. The molecule has 1 fully saturated rings. The van der Waals surface area contributed by atoms with Gasteiger partial charge in [-0.1, -0.05) is 11.1 Å². The van der Waals surface area contributed by atoms with E-state index in [9.17, 15) is 14.9 Å². The largest absolute Gasteiger partial charge is 0.441 e. The molecule has 10 nitrogen and oxygen atoms in total. The minimum Gasteiger partial charge on any atom is -0.441 e. The van der Waals surface area contributed by atoms with Gasteiger partial charge in [-0.2, -0.15) is 0 Å². The first-order chi connectivity index (χ1) is 12.0. The zero-order valence-electron chi connectivity index (χ0n) is 14.1. The Kier molecular flexibility index (Phi) is 6.90. The number of carbonyl (C=O) groups is 1. The summed E-state index contributed by atoms with van der Waals surface area (Å²) in [6.07, 6.45) is 3.48. The monoisotopic (exact) mass is 354 g/mol. The van der Waals surface area contributed by atoms with Gasteiger partial charge in [-0.3, -0.25) is 4.90 Å². The van der Waals surface area contributed by atoms with Gasteiger partial charge in [0, 0.05) is 13.2 Å². The molecule has 2 rings (SSSR count). The average molecular weight is 354 g/mol. The first-order valence-corrected chi connectivity index (χ1v) is 7.93. The van der Waals surface area contributed by atoms with E-state index in [1.165, 1.54) is 22.7 Å². The normalized spacial score (nSPS) is 17.8. The van der Waals surface area contributed by atoms with Crippen LogP contribution in [0.1, 0.15) is 18.5 Å². The third-order valence-electron chi connectivity index (χ3n) is 3.75. The summed E-state index contributed by atoms with van der Waals surface area (Å²) >= 11 is 0. The highest BCUT2D eigenvalue weighted by molar-refractivity contribution is 5.67. The van der Waals surface area contributed by atoms with Crippen LogP contribution in [0.3, 0.4) is 0 Å². The van der Waals surface area contributed by atoms with Crippen molar-refractivity contribution in [3.05, 3.63) is 34.7 Å². The summed E-state index contributed by atoms with van der Waals surface area (Å²) in [4.78, 5) is 27.8. The molecule has 0 saturated carbocycles. The molecule has 0 radical (unpaired) electrons. The van der Waals surface area contributed by atoms with Gasteiger partial charge in [0.15, 0.2) is 18.5 Å². The zero-order chi connectivity index (χ0) is 18.2. The highest BCUT2D eigenvalue weighted by Gasteiger charge is 2.28. The molecule has 25 heavy (non-hydrogen) atoms. The summed E-state index contributed by atoms with van der Waals surface area (Å²) in [6, 6.07) is 0. The Morgan fingerprint density at radius 1 is 1.60 bits per heavy atom. The third kappa shape index (κ3) is 5.00. The number of hydrogen-bond acceptors (Lipinski definition) is 7. The molecule has 1 saturated heterocycles. The van der Waals surface area contributed by atoms with E-state index in [2.05, 4.69) is 11.6 Å². The maximum Gasteiger partial charge on any atom is 0.434 e. The van der Waals surface area contributed by atoms with Crippen molar-refractivity contribution in [1.82, 2.24) is 14.5 Å². The molecule has 138 valence electrons. The summed E-state index contributed by atoms with van der Waals surface area (Å²) in [7, 11) is 1.50. The van der Waals surface area contributed by atoms with Crippen LogP contribution in [0.4, 0.5) is 10.7 Å². The Balaban J connectivity index is 1.96. The number of nitro groups is 1. The summed E-state index contributed by atoms with van der Waals surface area (Å²) in [5, 5.41) is 10.8. The molecule has 2 heterocycles. The van der Waals surface area contributed by atoms with E-state index in [4.69, 9.17) is 14.2 Å². The number of rotatable bonds is 7. The van der Waals surface area contributed by atoms with Crippen LogP contribution in [0.2, 0.25) is 0 Å². The molecule has 1 aliphatic heterocycles. The second kappa shape index (κ2) is 9.14. The van der Waals surface area contributed by atoms with E-state index < -0.39 is 17.2 Å². The average Bonchev–Trinajstić information content (AvgIpc) is 2.80. The first-order valence-electron chi connectivity index (χ1n) is 7.93. The molecule has 1 aromatic rings. The van der Waals surface area contributed by atoms with Gasteiger partial charge in [-0.15, -0.1) is 6.58 Å². The van der Waals surface area contributed by atoms with Gasteiger partial charge in [0.2, 0.25) is 0 Å². The van der Waals surface area contributed by atoms with Crippen LogP contribution in [0.15, 0.2) is 18.9 Å². The van der Waals surface area contributed by atoms with Gasteiger partial charge in [0.05, 0.1) is 20.3 Å². The van der Waals surface area contributed by atoms with Crippen molar-refractivity contribution in [1.29, 1.82) is 0 Å². The number of imidazole rings is 1. The molecule has 1 atom stereocenters. The zero-order valence-corrected chi connectivity index (χ0v) is 14.1. The van der Waals surface area contributed by atoms with E-state index in [-0.39, 0.29) is 19.2 Å². The fourth-order valence-corrected chi connectivity index (χ4v) is 2.39. The van der Waals surface area contributed by atoms with Crippen molar-refractivity contribution in [2.75, 3.05) is 26.4 Å². The Morgan fingerprint density at radius 3 is 3.08 bits per heavy atom. The first kappa shape index (κ1) is 18.9. The minimum absolute atomic E-state index is 0.118. The summed E-state index contributed by atoms with van der Waals surface area (Å²) < 4.78 is 17.6. The number of ether oxygens (including phenoxy) is 3. The van der Waals surface area contributed by atoms with Crippen molar-refractivity contribution in [3.8, 4) is 0 Å². The molecular weight excluding hydrogens is 332 g/mol. The van der Waals surface area contributed by atoms with Crippen molar-refractivity contribution < 1.29 is 23.9 Å². The lowest BCUT2D eigenvalue weighted by Crippen LogP contribution is -2.44. The maximum absolute atomic E-state index is 12.4. The van der Waals surface area contributed by atoms with E-state index in [0.29, 0.717) is 25.5 Å². The lowest BCUT2D eigenvalue weighted by Gasteiger charge is -2.28. The van der Waals surface area contributed by atoms with Crippen molar-refractivity contribution >= 4 is 12.0 Å². The Bertz CT molecular complexity index is 617. The highest BCUT2D eigenvalue weighted by atomic mass is 16.6. The molecule has 0 aliphatic carbocycles. The van der Waals surface area contributed by atoms with E-state index in [1.54, 1.807) is 6.08 Å². The van der Waals surface area contributed by atoms with E-state index in [0.717, 1.165) is 12.8 Å². The number of amides is 1. The minimum atomic E-state index is -0.596. The standard InChI is InChI=1S/C15H22N4O6/c1-3-7-23-11-13-18(6-4-5-8-24-13)15(20)25-10-12-9-16-14(17(12)2)19(21)22/h3,9,13H,1,4-8,10-11H2,2H3. The molecule has 0 bridgehead atoms. The van der Waals surface area contributed by atoms with Crippen LogP contribution in [0, 0.1) is 10.1 Å². The van der Waals surface area contributed by atoms with E-state index in [1.807, 2.05) is 0 Å². The topological polar surface area (TPSA) is 109 Å². The van der Waals surface area contributed by atoms with Crippen LogP contribution < -0.4 is 0 Å². The summed E-state index contributed by atoms with van der Waals surface area (Å²) in [5.41, 5.74) is 0.426. The summed E-state index contributed by atoms with van der Waals surface area (Å²) in [5.74, 6) is -0.306. The van der Waals surface area contributed by atoms with Gasteiger partial charge in [0.1, 0.15) is 6.20 Å². The smallest absolute Gasteiger partial charge is 0.434 e. The molecule has 0 aromatic carbocycles. The Morgan fingerprint density at radius 2 is 2.40 bits per heavy atom. The van der Waals surface area contributed by atoms with Crippen LogP contribution in [-0.2, 0) is 27.9 Å². The second-order valence-electron chi connectivity index (χ2n) is 5.47. The lowest BCUT2D eigenvalue weighted by atomic mass is 10.3. The predicted molar refractivity (Wildman–Crippen MR) is 86.7 cm³/mol. The van der Waals surface area contributed by atoms with Crippen LogP contribution >= 0.6 is 0 Å². The molecule has 1 aliphatic rings. The SMILES string of the molecule is C=CCOCC1OCCCCN1C(=O)OCc1cnc([N+](=O)[O-])n1C. The van der Waals surface area contributed by atoms with Crippen LogP contribution in [0.25, 0.3) is 0 Å². The summed E-state index contributed by atoms with van der Waals surface area (Å²) in [6.45, 7) is 5.07. The van der Waals surface area contributed by atoms with Crippen LogP contribution in [0.5, 0.6) is 0 Å². The molecule has 0 N–H and O–H groups in total. The van der Waals surface area contributed by atoms with Crippen molar-refractivity contribution in [2.24, 2.45) is 7.05 Å². The van der Waals surface area contributed by atoms with Crippen molar-refractivity contribution in [2.45, 2.75) is 25.7 Å². The number of hydrogen-bond donors (Lipinski definition) is 0. The van der Waals surface area contributed by atoms with Gasteiger partial charge in [-0.05, 0) is 17.8 Å². The molecule has 10 heteroatoms. The fraction of sp³-hybridized carbons (Fsp3) is 0.600. The molecule has 1 amide bonds. The highest BCUT2D eigenvalue weighted by Crippen LogP contribution is 2.15. The molecule has 1 aromatic heterocycles. The van der Waals surface area contributed by atoms with Gasteiger partial charge < -0.3 is 24.3 Å². The van der Waals surface area contributed by atoms with Crippen molar-refractivity contribution in [3.63, 3.8) is 0 Å². The van der Waals surface area contributed by atoms with Gasteiger partial charge in [-0.25, -0.2) is 9.36 Å². The van der Waals surface area contributed by atoms with Gasteiger partial charge in [0.25, 0.3) is 0 Å². The number of nitrogens with zero attached hydrogens (tertiary/aromatic N) is 4. The fourth-order valence-electron chi connectivity index (χ4n) is 2.39. The van der Waals surface area contributed by atoms with Gasteiger partial charge >= 0.3 is 12.0 Å². The predicted octanol–water partition coefficient (Wildman–Crippen LogP) is 1.61. The maximum atomic E-state index is 12.4. The number of carbonyl (C=O) groups excluding carboxylic acids is 1. The molecular formula is C15H22N4O6. The van der Waals surface area contributed by atoms with E-state index >= 15 is 0 Å². The Labute approximate surface area is 145 Å². The second-order valence-corrected chi connectivity index (χ2v) is 5.47. The van der Waals surface area contributed by atoms with Crippen LogP contribution in [-0.4, -0.2) is 58.1 Å². The lowest BCUT2D eigenvalue weighted by molar-refractivity contribution is -0.396. The molecule has 1 unspecified atom stereocenters. The third-order valence-corrected chi connectivity index (χ3v) is 3.75. The number of aromatic nitrogens is 2. The Hall–Kier alpha value is -2.46. The quantitative estimate of drug-likeness (QED) is 0.317.